The van der Waals surface area contributed by atoms with Crippen LogP contribution in [0, 0.1) is 0 Å². The molecule has 0 spiro atoms. The van der Waals surface area contributed by atoms with Gasteiger partial charge in [0.2, 0.25) is 11.8 Å². The molecule has 1 aliphatic rings. The van der Waals surface area contributed by atoms with Crippen LogP contribution in [0.4, 0.5) is 11.6 Å². The Morgan fingerprint density at radius 3 is 2.81 bits per heavy atom. The molecule has 4 aromatic rings. The second kappa shape index (κ2) is 7.84. The smallest absolute Gasteiger partial charge is 0.326 e. The van der Waals surface area contributed by atoms with Gasteiger partial charge in [0.05, 0.1) is 12.2 Å². The summed E-state index contributed by atoms with van der Waals surface area (Å²) in [5, 5.41) is 18.2. The lowest BCUT2D eigenvalue weighted by Crippen LogP contribution is -2.25. The van der Waals surface area contributed by atoms with Gasteiger partial charge in [-0.2, -0.15) is 19.6 Å². The van der Waals surface area contributed by atoms with Crippen molar-refractivity contribution in [1.29, 1.82) is 0 Å². The van der Waals surface area contributed by atoms with Crippen molar-refractivity contribution in [3.05, 3.63) is 63.0 Å². The molecule has 0 radical (unpaired) electrons. The Hall–Kier alpha value is -4.15. The third-order valence-electron chi connectivity index (χ3n) is 5.17. The zero-order valence-corrected chi connectivity index (χ0v) is 17.7. The minimum atomic E-state index is -0.494. The Bertz CT molecular complexity index is 1460. The van der Waals surface area contributed by atoms with E-state index in [-0.39, 0.29) is 17.6 Å². The van der Waals surface area contributed by atoms with Crippen molar-refractivity contribution in [3.8, 4) is 5.88 Å². The molecule has 0 bridgehead atoms. The number of anilines is 2. The van der Waals surface area contributed by atoms with Crippen LogP contribution in [0.5, 0.6) is 5.88 Å². The molecule has 3 aromatic heterocycles. The van der Waals surface area contributed by atoms with E-state index in [2.05, 4.69) is 52.4 Å². The van der Waals surface area contributed by atoms with Crippen LogP contribution in [0.2, 0.25) is 0 Å². The summed E-state index contributed by atoms with van der Waals surface area (Å²) >= 11 is 0. The van der Waals surface area contributed by atoms with E-state index in [0.717, 1.165) is 24.1 Å². The van der Waals surface area contributed by atoms with E-state index in [4.69, 9.17) is 0 Å². The molecule has 0 unspecified atom stereocenters. The van der Waals surface area contributed by atoms with Crippen LogP contribution in [-0.4, -0.2) is 54.8 Å². The molecule has 1 fully saturated rings. The number of benzene rings is 1. The molecule has 11 heteroatoms. The average molecular weight is 433 g/mol. The number of fused-ring (bicyclic) bond motifs is 1. The van der Waals surface area contributed by atoms with Crippen molar-refractivity contribution in [2.45, 2.75) is 25.4 Å². The largest absolute Gasteiger partial charge is 0.493 e. The fourth-order valence-corrected chi connectivity index (χ4v) is 3.43. The van der Waals surface area contributed by atoms with Gasteiger partial charge in [-0.25, -0.2) is 9.79 Å². The molecule has 1 aromatic carbocycles. The van der Waals surface area contributed by atoms with Crippen LogP contribution >= 0.6 is 0 Å². The number of aromatic amines is 2. The summed E-state index contributed by atoms with van der Waals surface area (Å²) in [5.74, 6) is 0.178. The maximum atomic E-state index is 11.5. The van der Waals surface area contributed by atoms with Gasteiger partial charge in [0, 0.05) is 31.5 Å². The summed E-state index contributed by atoms with van der Waals surface area (Å²) in [6.45, 7) is 0.534. The molecule has 1 saturated carbocycles. The van der Waals surface area contributed by atoms with Crippen molar-refractivity contribution in [1.82, 2.24) is 29.5 Å². The second-order valence-corrected chi connectivity index (χ2v) is 7.91. The summed E-state index contributed by atoms with van der Waals surface area (Å²) < 4.78 is 1.57. The highest BCUT2D eigenvalue weighted by Crippen LogP contribution is 2.22. The normalized spacial score (nSPS) is 14.9. The quantitative estimate of drug-likeness (QED) is 0.339. The zero-order chi connectivity index (χ0) is 22.2. The van der Waals surface area contributed by atoms with E-state index in [1.54, 1.807) is 16.8 Å². The lowest BCUT2D eigenvalue weighted by atomic mass is 10.1. The highest BCUT2D eigenvalue weighted by molar-refractivity contribution is 5.57. The predicted octanol–water partition coefficient (Wildman–Crippen LogP) is 0.135. The minimum absolute atomic E-state index is 0.245. The van der Waals surface area contributed by atoms with Crippen molar-refractivity contribution in [2.24, 2.45) is 4.99 Å². The van der Waals surface area contributed by atoms with E-state index < -0.39 is 5.69 Å². The summed E-state index contributed by atoms with van der Waals surface area (Å²) in [7, 11) is 4.01. The van der Waals surface area contributed by atoms with Gasteiger partial charge in [0.15, 0.2) is 5.65 Å². The fourth-order valence-electron chi connectivity index (χ4n) is 3.43. The van der Waals surface area contributed by atoms with Crippen molar-refractivity contribution < 1.29 is 5.11 Å². The van der Waals surface area contributed by atoms with Crippen LogP contribution < -0.4 is 26.7 Å². The van der Waals surface area contributed by atoms with Crippen molar-refractivity contribution in [2.75, 3.05) is 24.3 Å². The van der Waals surface area contributed by atoms with Gasteiger partial charge in [0.25, 0.3) is 5.62 Å². The predicted molar refractivity (Wildman–Crippen MR) is 119 cm³/mol. The number of aromatic hydroxyl groups is 1. The first kappa shape index (κ1) is 19.8. The maximum absolute atomic E-state index is 11.5. The summed E-state index contributed by atoms with van der Waals surface area (Å²) in [5.41, 5.74) is 2.95. The standard InChI is InChI=1S/C21H23N9O2/c1-29(2)16-6-4-3-5-12(16)10-22-19-26-17-13(9-15-18(31)27-21(32)25-15)11-23-30(17)20(28-19)24-14-7-8-14/h3-6,9,11,14,31H,7-8,10H2,1-2H3,(H,22,24,28)(H2,25,27,32)/b13-9-. The number of aromatic nitrogens is 6. The van der Waals surface area contributed by atoms with Gasteiger partial charge >= 0.3 is 5.69 Å². The van der Waals surface area contributed by atoms with E-state index in [1.165, 1.54) is 0 Å². The fraction of sp³-hybridized carbons (Fsp3) is 0.286. The summed E-state index contributed by atoms with van der Waals surface area (Å²) in [4.78, 5) is 32.3. The molecule has 11 nitrogen and oxygen atoms in total. The van der Waals surface area contributed by atoms with E-state index >= 15 is 0 Å². The van der Waals surface area contributed by atoms with Gasteiger partial charge in [-0.15, -0.1) is 0 Å². The number of hydrogen-bond acceptors (Lipinski definition) is 8. The van der Waals surface area contributed by atoms with E-state index in [9.17, 15) is 9.90 Å². The lowest BCUT2D eigenvalue weighted by molar-refractivity contribution is 0.454. The molecule has 32 heavy (non-hydrogen) atoms. The Kier molecular flexibility index (Phi) is 4.85. The number of rotatable bonds is 6. The first-order valence-corrected chi connectivity index (χ1v) is 10.3. The molecule has 0 atom stereocenters. The molecule has 164 valence electrons. The molecule has 0 aliphatic heterocycles. The van der Waals surface area contributed by atoms with Crippen LogP contribution in [0.15, 0.2) is 40.2 Å². The number of nitrogens with one attached hydrogen (secondary N) is 3. The number of hydrogen-bond donors (Lipinski definition) is 4. The van der Waals surface area contributed by atoms with E-state index in [0.29, 0.717) is 29.0 Å². The van der Waals surface area contributed by atoms with Gasteiger partial charge in [-0.05, 0) is 30.5 Å². The molecule has 1 aliphatic carbocycles. The number of imidazole rings is 1. The molecular formula is C21H23N9O2. The SMILES string of the molecule is CN(C)c1ccccc1CNc1nc(=NC2CC2)n2nc/c(=C/c3[nH]c(=O)[nH]c3O)c2n1. The molecule has 3 heterocycles. The topological polar surface area (TPSA) is 140 Å². The third-order valence-corrected chi connectivity index (χ3v) is 5.17. The van der Waals surface area contributed by atoms with Crippen LogP contribution in [0.25, 0.3) is 11.7 Å². The Labute approximate surface area is 182 Å². The van der Waals surface area contributed by atoms with Crippen LogP contribution in [-0.2, 0) is 6.54 Å². The molecule has 5 rings (SSSR count). The molecule has 4 N–H and O–H groups in total. The lowest BCUT2D eigenvalue weighted by Gasteiger charge is -2.17. The highest BCUT2D eigenvalue weighted by Gasteiger charge is 2.21. The Balaban J connectivity index is 1.58. The summed E-state index contributed by atoms with van der Waals surface area (Å²) in [6.07, 6.45) is 5.27. The van der Waals surface area contributed by atoms with Crippen molar-refractivity contribution in [3.63, 3.8) is 0 Å². The second-order valence-electron chi connectivity index (χ2n) is 7.91. The van der Waals surface area contributed by atoms with Crippen LogP contribution in [0.1, 0.15) is 24.1 Å². The average Bonchev–Trinajstić information content (AvgIpc) is 3.40. The van der Waals surface area contributed by atoms with Gasteiger partial charge in [-0.1, -0.05) is 18.2 Å². The maximum Gasteiger partial charge on any atom is 0.326 e. The number of para-hydroxylation sites is 1. The Morgan fingerprint density at radius 1 is 1.28 bits per heavy atom. The minimum Gasteiger partial charge on any atom is -0.493 e. The van der Waals surface area contributed by atoms with Gasteiger partial charge < -0.3 is 20.3 Å². The first-order valence-electron chi connectivity index (χ1n) is 10.3. The first-order chi connectivity index (χ1) is 15.5. The molecule has 0 saturated heterocycles. The number of H-pyrrole nitrogens is 2. The van der Waals surface area contributed by atoms with Crippen LogP contribution in [0.3, 0.4) is 0 Å². The van der Waals surface area contributed by atoms with Gasteiger partial charge in [-0.3, -0.25) is 4.98 Å². The monoisotopic (exact) mass is 433 g/mol. The zero-order valence-electron chi connectivity index (χ0n) is 17.7. The number of nitrogens with zero attached hydrogens (tertiary/aromatic N) is 6. The third kappa shape index (κ3) is 3.92. The highest BCUT2D eigenvalue weighted by atomic mass is 16.3. The van der Waals surface area contributed by atoms with E-state index in [1.807, 2.05) is 26.2 Å². The summed E-state index contributed by atoms with van der Waals surface area (Å²) in [6, 6.07) is 8.36. The molecule has 0 amide bonds. The Morgan fingerprint density at radius 2 is 2.09 bits per heavy atom. The van der Waals surface area contributed by atoms with Gasteiger partial charge in [0.1, 0.15) is 5.69 Å². The van der Waals surface area contributed by atoms with Crippen molar-refractivity contribution >= 4 is 23.4 Å². The molecular weight excluding hydrogens is 410 g/mol.